The summed E-state index contributed by atoms with van der Waals surface area (Å²) in [6, 6.07) is 0. The third-order valence-electron chi connectivity index (χ3n) is 0.798. The van der Waals surface area contributed by atoms with Crippen LogP contribution in [-0.2, 0) is 18.0 Å². The number of hydrogen-bond donors (Lipinski definition) is 0. The Morgan fingerprint density at radius 2 is 1.46 bits per heavy atom. The molecule has 0 bridgehead atoms. The summed E-state index contributed by atoms with van der Waals surface area (Å²) in [5.74, 6) is 0. The summed E-state index contributed by atoms with van der Waals surface area (Å²) in [5, 5.41) is 0. The smallest absolute Gasteiger partial charge is 0.235 e. The molecule has 0 unspecified atom stereocenters. The molecular formula is C6H8N2O4S. The average molecular weight is 204 g/mol. The Labute approximate surface area is 79.4 Å². The topological polar surface area (TPSA) is 77.3 Å². The van der Waals surface area contributed by atoms with Crippen molar-refractivity contribution >= 4 is 24.5 Å². The van der Waals surface area contributed by atoms with Crippen LogP contribution in [-0.4, -0.2) is 38.5 Å². The first-order chi connectivity index (χ1) is 6.41. The van der Waals surface area contributed by atoms with Crippen LogP contribution in [0.4, 0.5) is 0 Å². The van der Waals surface area contributed by atoms with Crippen molar-refractivity contribution in [3.8, 4) is 0 Å². The fraction of sp³-hybridized carbons (Fsp3) is 0.667. The van der Waals surface area contributed by atoms with E-state index in [0.29, 0.717) is 0 Å². The molecule has 0 aromatic rings. The van der Waals surface area contributed by atoms with Crippen molar-refractivity contribution in [1.29, 1.82) is 0 Å². The fourth-order valence-electron chi connectivity index (χ4n) is 0.359. The van der Waals surface area contributed by atoms with Crippen LogP contribution in [0.25, 0.3) is 0 Å². The molecule has 0 rings (SSSR count). The van der Waals surface area contributed by atoms with Crippen LogP contribution < -0.4 is 0 Å². The Morgan fingerprint density at radius 1 is 1.00 bits per heavy atom. The van der Waals surface area contributed by atoms with Crippen LogP contribution in [0.1, 0.15) is 0 Å². The van der Waals surface area contributed by atoms with Gasteiger partial charge in [0.25, 0.3) is 0 Å². The van der Waals surface area contributed by atoms with Crippen molar-refractivity contribution in [3.05, 3.63) is 0 Å². The Morgan fingerprint density at radius 3 is 1.85 bits per heavy atom. The van der Waals surface area contributed by atoms with Gasteiger partial charge in [-0.15, -0.1) is 0 Å². The maximum absolute atomic E-state index is 9.58. The average Bonchev–Trinajstić information content (AvgIpc) is 2.16. The second-order valence-corrected chi connectivity index (χ2v) is 2.27. The van der Waals surface area contributed by atoms with Gasteiger partial charge in [-0.05, 0) is 0 Å². The summed E-state index contributed by atoms with van der Waals surface area (Å²) in [5.41, 5.74) is 0. The first-order valence-corrected chi connectivity index (χ1v) is 4.07. The Bertz CT molecular complexity index is 189. The van der Waals surface area contributed by atoms with E-state index in [4.69, 9.17) is 8.37 Å². The molecule has 0 radical (unpaired) electrons. The van der Waals surface area contributed by atoms with Crippen molar-refractivity contribution in [3.63, 3.8) is 0 Å². The van der Waals surface area contributed by atoms with Crippen molar-refractivity contribution in [1.82, 2.24) is 0 Å². The molecule has 0 atom stereocenters. The van der Waals surface area contributed by atoms with Gasteiger partial charge in [0.15, 0.2) is 12.3 Å². The third-order valence-corrected chi connectivity index (χ3v) is 1.32. The zero-order valence-corrected chi connectivity index (χ0v) is 7.58. The van der Waals surface area contributed by atoms with E-state index in [1.807, 2.05) is 0 Å². The second kappa shape index (κ2) is 11.0. The maximum atomic E-state index is 9.58. The number of aliphatic imine (C=N–C) groups is 2. The first kappa shape index (κ1) is 12.0. The van der Waals surface area contributed by atoms with Crippen LogP contribution in [0.15, 0.2) is 9.98 Å². The molecule has 0 aromatic carbocycles. The minimum Gasteiger partial charge on any atom is -0.289 e. The van der Waals surface area contributed by atoms with Gasteiger partial charge in [0, 0.05) is 0 Å². The molecule has 0 aliphatic carbocycles. The maximum Gasteiger partial charge on any atom is 0.235 e. The second-order valence-electron chi connectivity index (χ2n) is 1.66. The molecule has 0 fully saturated rings. The van der Waals surface area contributed by atoms with Gasteiger partial charge in [-0.1, -0.05) is 0 Å². The highest BCUT2D eigenvalue weighted by molar-refractivity contribution is 7.89. The number of isocyanates is 2. The van der Waals surface area contributed by atoms with Crippen molar-refractivity contribution in [2.75, 3.05) is 26.3 Å². The van der Waals surface area contributed by atoms with E-state index in [1.54, 1.807) is 0 Å². The molecular weight excluding hydrogens is 196 g/mol. The zero-order valence-electron chi connectivity index (χ0n) is 6.76. The van der Waals surface area contributed by atoms with Crippen molar-refractivity contribution < 1.29 is 18.0 Å². The van der Waals surface area contributed by atoms with Crippen molar-refractivity contribution in [2.45, 2.75) is 0 Å². The molecule has 0 aliphatic heterocycles. The van der Waals surface area contributed by atoms with Crippen LogP contribution in [0.5, 0.6) is 0 Å². The van der Waals surface area contributed by atoms with Gasteiger partial charge in [0.1, 0.15) is 0 Å². The van der Waals surface area contributed by atoms with Gasteiger partial charge in [0.05, 0.1) is 26.3 Å². The first-order valence-electron chi connectivity index (χ1n) is 3.40. The summed E-state index contributed by atoms with van der Waals surface area (Å²) in [6.45, 7) is 1.06. The Hall–Kier alpha value is -0.970. The van der Waals surface area contributed by atoms with E-state index in [2.05, 4.69) is 9.98 Å². The predicted molar refractivity (Wildman–Crippen MR) is 45.5 cm³/mol. The van der Waals surface area contributed by atoms with Gasteiger partial charge in [-0.2, -0.15) is 0 Å². The molecule has 7 heteroatoms. The number of nitrogens with zero attached hydrogens (tertiary/aromatic N) is 2. The number of hydrogen-bond acceptors (Lipinski definition) is 7. The van der Waals surface area contributed by atoms with Gasteiger partial charge < -0.3 is 0 Å². The summed E-state index contributed by atoms with van der Waals surface area (Å²) < 4.78 is 9.60. The molecule has 0 spiro atoms. The minimum absolute atomic E-state index is 0.256. The Kier molecular flexibility index (Phi) is 10.2. The highest BCUT2D eigenvalue weighted by Crippen LogP contribution is 2.02. The van der Waals surface area contributed by atoms with Gasteiger partial charge >= 0.3 is 0 Å². The van der Waals surface area contributed by atoms with E-state index >= 15 is 0 Å². The van der Waals surface area contributed by atoms with Gasteiger partial charge in [-0.3, -0.25) is 8.37 Å². The molecule has 6 nitrogen and oxygen atoms in total. The normalized spacial score (nSPS) is 8.62. The molecule has 72 valence electrons. The third kappa shape index (κ3) is 11.0. The van der Waals surface area contributed by atoms with E-state index in [0.717, 1.165) is 12.3 Å². The Balaban J connectivity index is 2.99. The largest absolute Gasteiger partial charge is 0.289 e. The molecule has 0 saturated heterocycles. The molecule has 0 heterocycles. The monoisotopic (exact) mass is 204 g/mol. The lowest BCUT2D eigenvalue weighted by Crippen LogP contribution is -1.95. The molecule has 0 saturated carbocycles. The predicted octanol–water partition coefficient (Wildman–Crippen LogP) is 0.254. The molecule has 13 heavy (non-hydrogen) atoms. The SMILES string of the molecule is O=C=NCCOSOCCN=C=O. The van der Waals surface area contributed by atoms with E-state index in [1.165, 1.54) is 12.2 Å². The lowest BCUT2D eigenvalue weighted by molar-refractivity contribution is 0.297. The lowest BCUT2D eigenvalue weighted by Gasteiger charge is -1.97. The van der Waals surface area contributed by atoms with Gasteiger partial charge in [0.2, 0.25) is 12.2 Å². The molecule has 0 amide bonds. The van der Waals surface area contributed by atoms with Crippen LogP contribution >= 0.6 is 12.3 Å². The van der Waals surface area contributed by atoms with E-state index in [9.17, 15) is 9.59 Å². The van der Waals surface area contributed by atoms with Crippen LogP contribution in [0.2, 0.25) is 0 Å². The summed E-state index contributed by atoms with van der Waals surface area (Å²) in [7, 11) is 0. The standard InChI is InChI=1S/C6H8N2O4S/c9-5-7-1-3-11-13-12-4-2-8-6-10/h1-4H2. The lowest BCUT2D eigenvalue weighted by atomic mass is 10.7. The minimum atomic E-state index is 0.256. The van der Waals surface area contributed by atoms with Crippen LogP contribution in [0.3, 0.4) is 0 Å². The zero-order chi connectivity index (χ0) is 9.78. The van der Waals surface area contributed by atoms with E-state index in [-0.39, 0.29) is 26.3 Å². The van der Waals surface area contributed by atoms with Crippen molar-refractivity contribution in [2.24, 2.45) is 9.98 Å². The molecule has 0 aromatic heterocycles. The quantitative estimate of drug-likeness (QED) is 0.245. The summed E-state index contributed by atoms with van der Waals surface area (Å²) >= 11 is 0.774. The van der Waals surface area contributed by atoms with Gasteiger partial charge in [-0.25, -0.2) is 19.6 Å². The number of rotatable bonds is 8. The van der Waals surface area contributed by atoms with Crippen LogP contribution in [0, 0.1) is 0 Å². The molecule has 0 N–H and O–H groups in total. The summed E-state index contributed by atoms with van der Waals surface area (Å²) in [6.07, 6.45) is 2.75. The highest BCUT2D eigenvalue weighted by atomic mass is 32.2. The molecule has 0 aliphatic rings. The fourth-order valence-corrected chi connectivity index (χ4v) is 0.712. The summed E-state index contributed by atoms with van der Waals surface area (Å²) in [4.78, 5) is 25.7. The number of carbonyl (C=O) groups excluding carboxylic acids is 2. The van der Waals surface area contributed by atoms with E-state index < -0.39 is 0 Å². The highest BCUT2D eigenvalue weighted by Gasteiger charge is 1.89.